The molecule has 0 bridgehead atoms. The van der Waals surface area contributed by atoms with Crippen LogP contribution < -0.4 is 15.5 Å². The minimum Gasteiger partial charge on any atom is -0.368 e. The lowest BCUT2D eigenvalue weighted by molar-refractivity contribution is -0.130. The second-order valence-corrected chi connectivity index (χ2v) is 8.70. The molecule has 33 heavy (non-hydrogen) atoms. The van der Waals surface area contributed by atoms with Crippen molar-refractivity contribution in [2.45, 2.75) is 12.8 Å². The molecule has 0 saturated carbocycles. The Morgan fingerprint density at radius 1 is 0.879 bits per heavy atom. The molecule has 0 aliphatic carbocycles. The van der Waals surface area contributed by atoms with Crippen molar-refractivity contribution in [3.05, 3.63) is 52.5 Å². The maximum absolute atomic E-state index is 12.6. The van der Waals surface area contributed by atoms with E-state index in [4.69, 9.17) is 23.2 Å². The number of amides is 4. The van der Waals surface area contributed by atoms with Gasteiger partial charge in [0.15, 0.2) is 0 Å². The zero-order chi connectivity index (χ0) is 24.0. The Morgan fingerprint density at radius 3 is 2.06 bits per heavy atom. The second kappa shape index (κ2) is 11.2. The van der Waals surface area contributed by atoms with Gasteiger partial charge in [-0.25, -0.2) is 4.79 Å². The van der Waals surface area contributed by atoms with Crippen LogP contribution in [0.3, 0.4) is 0 Å². The molecule has 1 heterocycles. The van der Waals surface area contributed by atoms with Gasteiger partial charge in [0.25, 0.3) is 0 Å². The maximum Gasteiger partial charge on any atom is 0.322 e. The Balaban J connectivity index is 1.48. The molecule has 1 saturated heterocycles. The molecule has 4 amide bonds. The molecule has 1 aliphatic heterocycles. The zero-order valence-corrected chi connectivity index (χ0v) is 20.1. The number of anilines is 3. The van der Waals surface area contributed by atoms with Crippen LogP contribution in [0.4, 0.5) is 21.9 Å². The summed E-state index contributed by atoms with van der Waals surface area (Å²) in [6, 6.07) is 12.4. The first-order chi connectivity index (χ1) is 15.7. The number of hydrogen-bond acceptors (Lipinski definition) is 4. The van der Waals surface area contributed by atoms with Crippen molar-refractivity contribution < 1.29 is 14.4 Å². The summed E-state index contributed by atoms with van der Waals surface area (Å²) in [4.78, 5) is 41.6. The number of halogens is 2. The predicted octanol–water partition coefficient (Wildman–Crippen LogP) is 4.15. The fraction of sp³-hybridized carbons (Fsp3) is 0.348. The standard InChI is InChI=1S/C23H27Cl2N5O3/c1-28(2)21(32)11-10-20(31)26-16-6-8-17(9-7-16)29-12-14-30(15-13-29)23(33)27-22-18(24)4-3-5-19(22)25/h3-9H,10-15H2,1-2H3,(H,26,31)(H,27,33). The molecule has 1 aliphatic rings. The van der Waals surface area contributed by atoms with Crippen LogP contribution in [0.25, 0.3) is 0 Å². The molecule has 176 valence electrons. The number of urea groups is 1. The molecule has 3 rings (SSSR count). The summed E-state index contributed by atoms with van der Waals surface area (Å²) in [6.07, 6.45) is 0.319. The Hall–Kier alpha value is -2.97. The normalized spacial score (nSPS) is 13.5. The number of piperazine rings is 1. The van der Waals surface area contributed by atoms with Gasteiger partial charge < -0.3 is 25.3 Å². The van der Waals surface area contributed by atoms with E-state index in [9.17, 15) is 14.4 Å². The fourth-order valence-corrected chi connectivity index (χ4v) is 3.89. The third kappa shape index (κ3) is 6.76. The molecule has 2 aromatic rings. The Bertz CT molecular complexity index is 985. The summed E-state index contributed by atoms with van der Waals surface area (Å²) < 4.78 is 0. The van der Waals surface area contributed by atoms with Crippen molar-refractivity contribution in [3.63, 3.8) is 0 Å². The number of carbonyl (C=O) groups excluding carboxylic acids is 3. The molecular weight excluding hydrogens is 465 g/mol. The van der Waals surface area contributed by atoms with Crippen molar-refractivity contribution >= 4 is 58.1 Å². The topological polar surface area (TPSA) is 85.0 Å². The van der Waals surface area contributed by atoms with Gasteiger partial charge in [-0.3, -0.25) is 9.59 Å². The number of carbonyl (C=O) groups is 3. The van der Waals surface area contributed by atoms with Crippen molar-refractivity contribution in [1.29, 1.82) is 0 Å². The van der Waals surface area contributed by atoms with Gasteiger partial charge in [0.05, 0.1) is 15.7 Å². The Labute approximate surface area is 203 Å². The minimum atomic E-state index is -0.240. The smallest absolute Gasteiger partial charge is 0.322 e. The monoisotopic (exact) mass is 491 g/mol. The van der Waals surface area contributed by atoms with Crippen LogP contribution in [0.2, 0.25) is 10.0 Å². The summed E-state index contributed by atoms with van der Waals surface area (Å²) >= 11 is 12.3. The van der Waals surface area contributed by atoms with E-state index >= 15 is 0 Å². The molecule has 0 unspecified atom stereocenters. The summed E-state index contributed by atoms with van der Waals surface area (Å²) in [5.74, 6) is -0.278. The zero-order valence-electron chi connectivity index (χ0n) is 18.6. The van der Waals surface area contributed by atoms with Crippen LogP contribution in [0, 0.1) is 0 Å². The second-order valence-electron chi connectivity index (χ2n) is 7.88. The molecule has 0 atom stereocenters. The number of hydrogen-bond donors (Lipinski definition) is 2. The SMILES string of the molecule is CN(C)C(=O)CCC(=O)Nc1ccc(N2CCN(C(=O)Nc3c(Cl)cccc3Cl)CC2)cc1. The van der Waals surface area contributed by atoms with Gasteiger partial charge in [-0.1, -0.05) is 29.3 Å². The van der Waals surface area contributed by atoms with E-state index in [1.807, 2.05) is 24.3 Å². The van der Waals surface area contributed by atoms with Crippen molar-refractivity contribution in [2.75, 3.05) is 55.8 Å². The maximum atomic E-state index is 12.6. The Kier molecular flexibility index (Phi) is 8.41. The summed E-state index contributed by atoms with van der Waals surface area (Å²) in [5, 5.41) is 6.39. The largest absolute Gasteiger partial charge is 0.368 e. The predicted molar refractivity (Wildman–Crippen MR) is 132 cm³/mol. The first-order valence-corrected chi connectivity index (χ1v) is 11.3. The molecule has 0 aromatic heterocycles. The van der Waals surface area contributed by atoms with E-state index in [-0.39, 0.29) is 30.7 Å². The molecule has 0 radical (unpaired) electrons. The Morgan fingerprint density at radius 2 is 1.48 bits per heavy atom. The highest BCUT2D eigenvalue weighted by Gasteiger charge is 2.22. The average molecular weight is 492 g/mol. The van der Waals surface area contributed by atoms with Crippen LogP contribution in [0.5, 0.6) is 0 Å². The van der Waals surface area contributed by atoms with Gasteiger partial charge in [-0.15, -0.1) is 0 Å². The highest BCUT2D eigenvalue weighted by atomic mass is 35.5. The summed E-state index contributed by atoms with van der Waals surface area (Å²) in [7, 11) is 3.33. The lowest BCUT2D eigenvalue weighted by Crippen LogP contribution is -2.50. The van der Waals surface area contributed by atoms with Gasteiger partial charge in [-0.2, -0.15) is 0 Å². The van der Waals surface area contributed by atoms with Crippen LogP contribution in [-0.2, 0) is 9.59 Å². The van der Waals surface area contributed by atoms with Crippen LogP contribution in [0.1, 0.15) is 12.8 Å². The lowest BCUT2D eigenvalue weighted by Gasteiger charge is -2.36. The van der Waals surface area contributed by atoms with Gasteiger partial charge >= 0.3 is 6.03 Å². The van der Waals surface area contributed by atoms with Crippen molar-refractivity contribution in [1.82, 2.24) is 9.80 Å². The number of benzene rings is 2. The van der Waals surface area contributed by atoms with Crippen molar-refractivity contribution in [3.8, 4) is 0 Å². The van der Waals surface area contributed by atoms with E-state index in [1.165, 1.54) is 4.90 Å². The molecule has 2 N–H and O–H groups in total. The molecule has 8 nitrogen and oxygen atoms in total. The highest BCUT2D eigenvalue weighted by molar-refractivity contribution is 6.39. The molecule has 1 fully saturated rings. The number of nitrogens with zero attached hydrogens (tertiary/aromatic N) is 3. The number of para-hydroxylation sites is 1. The van der Waals surface area contributed by atoms with E-state index in [0.29, 0.717) is 47.6 Å². The van der Waals surface area contributed by atoms with Crippen LogP contribution in [-0.4, -0.2) is 67.9 Å². The first-order valence-electron chi connectivity index (χ1n) is 10.6. The lowest BCUT2D eigenvalue weighted by atomic mass is 10.2. The number of nitrogens with one attached hydrogen (secondary N) is 2. The van der Waals surface area contributed by atoms with Crippen LogP contribution in [0.15, 0.2) is 42.5 Å². The van der Waals surface area contributed by atoms with E-state index in [1.54, 1.807) is 37.2 Å². The molecule has 0 spiro atoms. The van der Waals surface area contributed by atoms with E-state index in [2.05, 4.69) is 15.5 Å². The quantitative estimate of drug-likeness (QED) is 0.635. The fourth-order valence-electron chi connectivity index (χ4n) is 3.39. The van der Waals surface area contributed by atoms with Gasteiger partial charge in [-0.05, 0) is 36.4 Å². The molecule has 2 aromatic carbocycles. The molecule has 10 heteroatoms. The third-order valence-corrected chi connectivity index (χ3v) is 5.97. The van der Waals surface area contributed by atoms with Gasteiger partial charge in [0.1, 0.15) is 0 Å². The van der Waals surface area contributed by atoms with E-state index < -0.39 is 0 Å². The summed E-state index contributed by atoms with van der Waals surface area (Å²) in [5.41, 5.74) is 2.10. The average Bonchev–Trinajstić information content (AvgIpc) is 2.80. The van der Waals surface area contributed by atoms with Crippen LogP contribution >= 0.6 is 23.2 Å². The van der Waals surface area contributed by atoms with Crippen molar-refractivity contribution in [2.24, 2.45) is 0 Å². The third-order valence-electron chi connectivity index (χ3n) is 5.34. The summed E-state index contributed by atoms with van der Waals surface area (Å²) in [6.45, 7) is 2.43. The van der Waals surface area contributed by atoms with Gasteiger partial charge in [0, 0.05) is 64.5 Å². The highest BCUT2D eigenvalue weighted by Crippen LogP contribution is 2.30. The first kappa shape index (κ1) is 24.7. The van der Waals surface area contributed by atoms with Gasteiger partial charge in [0.2, 0.25) is 11.8 Å². The minimum absolute atomic E-state index is 0.0803. The van der Waals surface area contributed by atoms with E-state index in [0.717, 1.165) is 5.69 Å². The number of rotatable bonds is 6. The molecular formula is C23H27Cl2N5O3.